The smallest absolute Gasteiger partial charge is 0.169 e. The van der Waals surface area contributed by atoms with E-state index in [4.69, 9.17) is 5.73 Å². The van der Waals surface area contributed by atoms with Crippen LogP contribution in [0, 0.1) is 13.8 Å². The molecule has 1 aromatic carbocycles. The van der Waals surface area contributed by atoms with Crippen LogP contribution in [0.1, 0.15) is 23.7 Å². The molecular formula is C12H15BrN4. The van der Waals surface area contributed by atoms with Gasteiger partial charge in [0.25, 0.3) is 0 Å². The molecule has 5 heteroatoms. The van der Waals surface area contributed by atoms with Gasteiger partial charge in [0.05, 0.1) is 11.4 Å². The van der Waals surface area contributed by atoms with Crippen molar-refractivity contribution in [1.29, 1.82) is 0 Å². The van der Waals surface area contributed by atoms with Crippen LogP contribution in [0.3, 0.4) is 0 Å². The number of nitrogen functional groups attached to an aromatic ring is 1. The summed E-state index contributed by atoms with van der Waals surface area (Å²) in [5.41, 5.74) is 10.1. The summed E-state index contributed by atoms with van der Waals surface area (Å²) in [6.45, 7) is 6.17. The van der Waals surface area contributed by atoms with Crippen LogP contribution in [0.2, 0.25) is 0 Å². The van der Waals surface area contributed by atoms with E-state index in [1.54, 1.807) is 0 Å². The zero-order valence-corrected chi connectivity index (χ0v) is 11.7. The highest BCUT2D eigenvalue weighted by Crippen LogP contribution is 2.25. The number of aryl methyl sites for hydroxylation is 2. The van der Waals surface area contributed by atoms with Crippen molar-refractivity contribution in [1.82, 2.24) is 15.0 Å². The Kier molecular flexibility index (Phi) is 3.19. The third-order valence-corrected chi connectivity index (χ3v) is 4.04. The maximum atomic E-state index is 5.79. The minimum atomic E-state index is 0.505. The molecule has 0 aliphatic heterocycles. The van der Waals surface area contributed by atoms with Gasteiger partial charge in [-0.1, -0.05) is 28.1 Å². The number of aromatic nitrogens is 3. The highest BCUT2D eigenvalue weighted by atomic mass is 79.9. The molecule has 0 radical (unpaired) electrons. The molecule has 0 unspecified atom stereocenters. The molecule has 1 aromatic heterocycles. The number of nitrogens with two attached hydrogens (primary N) is 1. The van der Waals surface area contributed by atoms with E-state index in [-0.39, 0.29) is 0 Å². The lowest BCUT2D eigenvalue weighted by Gasteiger charge is -2.09. The zero-order chi connectivity index (χ0) is 12.6. The first kappa shape index (κ1) is 12.1. The Bertz CT molecular complexity index is 537. The van der Waals surface area contributed by atoms with Crippen LogP contribution in [-0.4, -0.2) is 15.0 Å². The normalized spacial score (nSPS) is 10.8. The molecule has 1 heterocycles. The number of nitrogens with zero attached hydrogens (tertiary/aromatic N) is 3. The van der Waals surface area contributed by atoms with E-state index in [1.165, 1.54) is 11.1 Å². The molecule has 2 rings (SSSR count). The van der Waals surface area contributed by atoms with E-state index in [0.717, 1.165) is 22.3 Å². The number of benzene rings is 1. The van der Waals surface area contributed by atoms with Crippen LogP contribution in [-0.2, 0) is 6.42 Å². The first-order valence-corrected chi connectivity index (χ1v) is 6.31. The van der Waals surface area contributed by atoms with Crippen LogP contribution < -0.4 is 5.73 Å². The average molecular weight is 295 g/mol. The summed E-state index contributed by atoms with van der Waals surface area (Å²) >= 11 is 3.56. The SMILES string of the molecule is CCc1c(N)nnn1-c1cc(C)c(Br)c(C)c1. The second-order valence-corrected chi connectivity index (χ2v) is 4.87. The molecule has 4 nitrogen and oxygen atoms in total. The van der Waals surface area contributed by atoms with E-state index in [1.807, 2.05) is 11.6 Å². The van der Waals surface area contributed by atoms with Gasteiger partial charge in [0.15, 0.2) is 5.82 Å². The van der Waals surface area contributed by atoms with Gasteiger partial charge in [0.2, 0.25) is 0 Å². The Hall–Kier alpha value is -1.36. The summed E-state index contributed by atoms with van der Waals surface area (Å²) in [6.07, 6.45) is 0.812. The van der Waals surface area contributed by atoms with E-state index in [2.05, 4.69) is 52.2 Å². The van der Waals surface area contributed by atoms with Crippen molar-refractivity contribution in [3.63, 3.8) is 0 Å². The lowest BCUT2D eigenvalue weighted by Crippen LogP contribution is -2.03. The van der Waals surface area contributed by atoms with Crippen LogP contribution in [0.15, 0.2) is 16.6 Å². The van der Waals surface area contributed by atoms with Gasteiger partial charge in [-0.25, -0.2) is 4.68 Å². The predicted octanol–water partition coefficient (Wildman–Crippen LogP) is 2.79. The van der Waals surface area contributed by atoms with E-state index in [0.29, 0.717) is 5.82 Å². The van der Waals surface area contributed by atoms with Gasteiger partial charge in [-0.05, 0) is 43.5 Å². The Morgan fingerprint density at radius 1 is 1.29 bits per heavy atom. The molecule has 0 fully saturated rings. The van der Waals surface area contributed by atoms with Crippen molar-refractivity contribution >= 4 is 21.7 Å². The number of anilines is 1. The molecule has 0 amide bonds. The lowest BCUT2D eigenvalue weighted by molar-refractivity contribution is 0.765. The summed E-state index contributed by atoms with van der Waals surface area (Å²) in [4.78, 5) is 0. The summed E-state index contributed by atoms with van der Waals surface area (Å²) in [7, 11) is 0. The summed E-state index contributed by atoms with van der Waals surface area (Å²) in [6, 6.07) is 4.15. The van der Waals surface area contributed by atoms with Gasteiger partial charge < -0.3 is 5.73 Å². The van der Waals surface area contributed by atoms with E-state index in [9.17, 15) is 0 Å². The van der Waals surface area contributed by atoms with Crippen molar-refractivity contribution in [2.24, 2.45) is 0 Å². The van der Waals surface area contributed by atoms with Gasteiger partial charge in [-0.3, -0.25) is 0 Å². The number of halogens is 1. The Morgan fingerprint density at radius 2 is 1.88 bits per heavy atom. The summed E-state index contributed by atoms with van der Waals surface area (Å²) < 4.78 is 2.94. The largest absolute Gasteiger partial charge is 0.381 e. The third kappa shape index (κ3) is 2.07. The molecular weight excluding hydrogens is 280 g/mol. The van der Waals surface area contributed by atoms with Crippen molar-refractivity contribution in [3.8, 4) is 5.69 Å². The molecule has 0 saturated carbocycles. The monoisotopic (exact) mass is 294 g/mol. The quantitative estimate of drug-likeness (QED) is 0.927. The van der Waals surface area contributed by atoms with Crippen LogP contribution in [0.25, 0.3) is 5.69 Å². The van der Waals surface area contributed by atoms with Crippen molar-refractivity contribution in [2.75, 3.05) is 5.73 Å². The Balaban J connectivity index is 2.61. The van der Waals surface area contributed by atoms with Crippen molar-refractivity contribution < 1.29 is 0 Å². The fourth-order valence-corrected chi connectivity index (χ4v) is 2.13. The summed E-state index contributed by atoms with van der Waals surface area (Å²) in [5, 5.41) is 8.02. The molecule has 0 atom stereocenters. The van der Waals surface area contributed by atoms with Crippen molar-refractivity contribution in [3.05, 3.63) is 33.4 Å². The Morgan fingerprint density at radius 3 is 2.41 bits per heavy atom. The molecule has 0 spiro atoms. The number of hydrogen-bond acceptors (Lipinski definition) is 3. The second-order valence-electron chi connectivity index (χ2n) is 4.08. The molecule has 90 valence electrons. The standard InChI is InChI=1S/C12H15BrN4/c1-4-10-12(14)15-16-17(10)9-5-7(2)11(13)8(3)6-9/h5-6H,4,14H2,1-3H3. The zero-order valence-electron chi connectivity index (χ0n) is 10.2. The lowest BCUT2D eigenvalue weighted by atomic mass is 10.1. The van der Waals surface area contributed by atoms with Gasteiger partial charge in [0.1, 0.15) is 0 Å². The van der Waals surface area contributed by atoms with Gasteiger partial charge >= 0.3 is 0 Å². The first-order chi connectivity index (χ1) is 8.04. The molecule has 0 bridgehead atoms. The number of hydrogen-bond donors (Lipinski definition) is 1. The average Bonchev–Trinajstić information content (AvgIpc) is 2.66. The fraction of sp³-hybridized carbons (Fsp3) is 0.333. The van der Waals surface area contributed by atoms with Crippen LogP contribution in [0.4, 0.5) is 5.82 Å². The maximum absolute atomic E-state index is 5.79. The van der Waals surface area contributed by atoms with Gasteiger partial charge in [0, 0.05) is 4.47 Å². The number of rotatable bonds is 2. The predicted molar refractivity (Wildman–Crippen MR) is 72.3 cm³/mol. The van der Waals surface area contributed by atoms with Crippen LogP contribution in [0.5, 0.6) is 0 Å². The molecule has 17 heavy (non-hydrogen) atoms. The topological polar surface area (TPSA) is 56.7 Å². The minimum Gasteiger partial charge on any atom is -0.381 e. The highest BCUT2D eigenvalue weighted by Gasteiger charge is 2.11. The third-order valence-electron chi connectivity index (χ3n) is 2.79. The first-order valence-electron chi connectivity index (χ1n) is 5.51. The van der Waals surface area contributed by atoms with Crippen molar-refractivity contribution in [2.45, 2.75) is 27.2 Å². The fourth-order valence-electron chi connectivity index (χ4n) is 1.90. The summed E-state index contributed by atoms with van der Waals surface area (Å²) in [5.74, 6) is 0.505. The van der Waals surface area contributed by atoms with Crippen LogP contribution >= 0.6 is 15.9 Å². The minimum absolute atomic E-state index is 0.505. The second kappa shape index (κ2) is 4.49. The molecule has 0 aliphatic rings. The molecule has 2 N–H and O–H groups in total. The van der Waals surface area contributed by atoms with Gasteiger partial charge in [-0.2, -0.15) is 0 Å². The van der Waals surface area contributed by atoms with E-state index < -0.39 is 0 Å². The molecule has 0 saturated heterocycles. The molecule has 0 aliphatic carbocycles. The van der Waals surface area contributed by atoms with Gasteiger partial charge in [-0.15, -0.1) is 5.10 Å². The van der Waals surface area contributed by atoms with E-state index >= 15 is 0 Å². The maximum Gasteiger partial charge on any atom is 0.169 e. The molecule has 2 aromatic rings. The highest BCUT2D eigenvalue weighted by molar-refractivity contribution is 9.10. The Labute approximate surface area is 109 Å².